The largest absolute Gasteiger partial charge is 0.384 e. The van der Waals surface area contributed by atoms with Crippen LogP contribution in [-0.4, -0.2) is 13.7 Å². The number of unbranched alkanes of at least 4 members (excludes halogenated alkanes) is 6. The summed E-state index contributed by atoms with van der Waals surface area (Å²) in [6.07, 6.45) is 29.7. The number of rotatable bonds is 21. The molecule has 0 aliphatic heterocycles. The summed E-state index contributed by atoms with van der Waals surface area (Å²) in [5.41, 5.74) is 21.1. The minimum Gasteiger partial charge on any atom is -0.384 e. The van der Waals surface area contributed by atoms with Gasteiger partial charge in [-0.2, -0.15) is 0 Å². The molecule has 3 aromatic carbocycles. The Morgan fingerprint density at radius 1 is 0.701 bits per heavy atom. The van der Waals surface area contributed by atoms with Gasteiger partial charge in [0.2, 0.25) is 0 Å². The molecule has 1 heteroatoms. The van der Waals surface area contributed by atoms with E-state index >= 15 is 0 Å². The van der Waals surface area contributed by atoms with Crippen molar-refractivity contribution in [1.29, 1.82) is 0 Å². The number of aryl methyl sites for hydroxylation is 3. The smallest absolute Gasteiger partial charge is 0.0493 e. The summed E-state index contributed by atoms with van der Waals surface area (Å²) >= 11 is 0. The van der Waals surface area contributed by atoms with Gasteiger partial charge in [0.05, 0.1) is 0 Å². The second-order valence-corrected chi connectivity index (χ2v) is 22.8. The van der Waals surface area contributed by atoms with E-state index in [9.17, 15) is 0 Å². The SMILES string of the molecule is C=C1CCC(C2C(=C)c3cccc(CCCCCc4ccc(CCCCCCCC5=CC6C(=C)C(c7cccc([C@H](C(C)COC)C8CCC8)c7)C=C6C(C(C)(C)C)=C5)cc4)c3C2=C)C(=C)C1. The van der Waals surface area contributed by atoms with Gasteiger partial charge in [-0.15, -0.1) is 0 Å². The van der Waals surface area contributed by atoms with Crippen molar-refractivity contribution in [2.24, 2.45) is 35.0 Å². The highest BCUT2D eigenvalue weighted by molar-refractivity contribution is 5.95. The second kappa shape index (κ2) is 21.9. The first-order chi connectivity index (χ1) is 32.3. The molecule has 8 rings (SSSR count). The van der Waals surface area contributed by atoms with Crippen molar-refractivity contribution in [2.75, 3.05) is 13.7 Å². The Morgan fingerprint density at radius 2 is 1.36 bits per heavy atom. The predicted octanol–water partition coefficient (Wildman–Crippen LogP) is 18.1. The Morgan fingerprint density at radius 3 is 2.01 bits per heavy atom. The summed E-state index contributed by atoms with van der Waals surface area (Å²) in [7, 11) is 1.85. The van der Waals surface area contributed by atoms with Crippen LogP contribution in [0.3, 0.4) is 0 Å². The maximum atomic E-state index is 5.67. The van der Waals surface area contributed by atoms with Gasteiger partial charge in [-0.3, -0.25) is 0 Å². The summed E-state index contributed by atoms with van der Waals surface area (Å²) in [6.45, 7) is 33.2. The monoisotopic (exact) mass is 893 g/mol. The van der Waals surface area contributed by atoms with E-state index in [0.29, 0.717) is 29.6 Å². The first kappa shape index (κ1) is 49.0. The molecule has 0 radical (unpaired) electrons. The van der Waals surface area contributed by atoms with Crippen molar-refractivity contribution in [3.05, 3.63) is 190 Å². The molecule has 2 saturated carbocycles. The van der Waals surface area contributed by atoms with Crippen LogP contribution in [0.2, 0.25) is 0 Å². The van der Waals surface area contributed by atoms with Crippen molar-refractivity contribution in [3.8, 4) is 0 Å². The van der Waals surface area contributed by atoms with E-state index in [4.69, 9.17) is 11.3 Å². The van der Waals surface area contributed by atoms with Crippen LogP contribution < -0.4 is 0 Å². The summed E-state index contributed by atoms with van der Waals surface area (Å²) in [5.74, 6) is 3.17. The lowest BCUT2D eigenvalue weighted by Crippen LogP contribution is -2.27. The van der Waals surface area contributed by atoms with E-state index in [1.807, 2.05) is 7.11 Å². The molecule has 0 amide bonds. The van der Waals surface area contributed by atoms with Crippen LogP contribution in [0.15, 0.2) is 151 Å². The van der Waals surface area contributed by atoms with E-state index < -0.39 is 0 Å². The molecule has 0 spiro atoms. The summed E-state index contributed by atoms with van der Waals surface area (Å²) in [4.78, 5) is 0. The molecule has 0 aromatic heterocycles. The number of hydrogen-bond donors (Lipinski definition) is 0. The Kier molecular flexibility index (Phi) is 16.0. The van der Waals surface area contributed by atoms with Crippen molar-refractivity contribution in [1.82, 2.24) is 0 Å². The van der Waals surface area contributed by atoms with Crippen molar-refractivity contribution in [2.45, 2.75) is 155 Å². The highest BCUT2D eigenvalue weighted by Gasteiger charge is 2.40. The lowest BCUT2D eigenvalue weighted by molar-refractivity contribution is 0.113. The first-order valence-electron chi connectivity index (χ1n) is 26.7. The van der Waals surface area contributed by atoms with E-state index in [0.717, 1.165) is 51.0 Å². The fraction of sp³-hybridized carbons (Fsp3) is 0.485. The number of benzene rings is 3. The maximum Gasteiger partial charge on any atom is 0.0493 e. The third-order valence-electron chi connectivity index (χ3n) is 16.8. The highest BCUT2D eigenvalue weighted by atomic mass is 16.5. The molecular weight excluding hydrogens is 809 g/mol. The molecule has 5 aliphatic rings. The van der Waals surface area contributed by atoms with E-state index in [2.05, 4.69) is 139 Å². The highest BCUT2D eigenvalue weighted by Crippen LogP contribution is 2.54. The number of methoxy groups -OCH3 is 1. The molecule has 67 heavy (non-hydrogen) atoms. The van der Waals surface area contributed by atoms with E-state index in [1.54, 1.807) is 0 Å². The van der Waals surface area contributed by atoms with Crippen LogP contribution in [-0.2, 0) is 24.0 Å². The number of allylic oxidation sites excluding steroid dienone is 11. The van der Waals surface area contributed by atoms with Gasteiger partial charge in [-0.05, 0) is 174 Å². The van der Waals surface area contributed by atoms with Gasteiger partial charge < -0.3 is 4.74 Å². The number of ether oxygens (including phenoxy) is 1. The van der Waals surface area contributed by atoms with Gasteiger partial charge in [0.25, 0.3) is 0 Å². The lowest BCUT2D eigenvalue weighted by atomic mass is 9.68. The molecule has 6 atom stereocenters. The van der Waals surface area contributed by atoms with Crippen LogP contribution in [0, 0.1) is 35.0 Å². The fourth-order valence-corrected chi connectivity index (χ4v) is 12.9. The average Bonchev–Trinajstić information content (AvgIpc) is 3.75. The molecule has 354 valence electrons. The zero-order valence-electron chi connectivity index (χ0n) is 42.5. The molecule has 5 aliphatic carbocycles. The van der Waals surface area contributed by atoms with Crippen molar-refractivity contribution >= 4 is 11.1 Å². The Bertz CT molecular complexity index is 2390. The molecule has 3 aromatic rings. The minimum absolute atomic E-state index is 0.0904. The number of hydrogen-bond acceptors (Lipinski definition) is 1. The zero-order valence-corrected chi connectivity index (χ0v) is 42.5. The van der Waals surface area contributed by atoms with Crippen molar-refractivity contribution in [3.63, 3.8) is 0 Å². The third kappa shape index (κ3) is 11.2. The normalized spacial score (nSPS) is 22.8. The molecule has 0 heterocycles. The Balaban J connectivity index is 0.751. The van der Waals surface area contributed by atoms with Crippen LogP contribution >= 0.6 is 0 Å². The van der Waals surface area contributed by atoms with Gasteiger partial charge in [-0.25, -0.2) is 0 Å². The van der Waals surface area contributed by atoms with Gasteiger partial charge in [0.1, 0.15) is 0 Å². The molecular formula is C66H84O. The quantitative estimate of drug-likeness (QED) is 0.0765. The second-order valence-electron chi connectivity index (χ2n) is 22.8. The summed E-state index contributed by atoms with van der Waals surface area (Å²) in [6, 6.07) is 25.9. The van der Waals surface area contributed by atoms with Crippen LogP contribution in [0.25, 0.3) is 11.1 Å². The molecule has 0 N–H and O–H groups in total. The van der Waals surface area contributed by atoms with Gasteiger partial charge >= 0.3 is 0 Å². The number of fused-ring (bicyclic) bond motifs is 2. The first-order valence-corrected chi connectivity index (χ1v) is 26.7. The lowest BCUT2D eigenvalue weighted by Gasteiger charge is -2.38. The van der Waals surface area contributed by atoms with Crippen LogP contribution in [0.1, 0.15) is 175 Å². The third-order valence-corrected chi connectivity index (χ3v) is 16.8. The minimum atomic E-state index is 0.0904. The van der Waals surface area contributed by atoms with Crippen molar-refractivity contribution < 1.29 is 4.74 Å². The Labute approximate surface area is 408 Å². The molecule has 2 fully saturated rings. The fourth-order valence-electron chi connectivity index (χ4n) is 12.9. The summed E-state index contributed by atoms with van der Waals surface area (Å²) < 4.78 is 5.67. The molecule has 0 saturated heterocycles. The zero-order chi connectivity index (χ0) is 47.2. The summed E-state index contributed by atoms with van der Waals surface area (Å²) in [5, 5.41) is 0. The van der Waals surface area contributed by atoms with Crippen LogP contribution in [0.5, 0.6) is 0 Å². The standard InChI is InChI=1S/C66H84O/c1-44-32-37-57(45(2)38-44)64-48(5)58-31-21-28-54(65(58)49(64)6)25-18-14-17-23-51-35-33-50(34-36-51)22-15-12-11-13-16-24-52-39-60-47(4)59(42-61(60)62(40-52)66(7,8)9)55-29-20-30-56(41-55)63(46(3)43-67-10)53-26-19-27-53/h20-21,28-31,33-36,39-42,46,53,57,59-60,63-64H,1-2,4-6,11-19,22-27,32,37-38,43H2,3,7-10H3/t46?,57?,59?,60?,63-,64?/m1/s1. The van der Waals surface area contributed by atoms with Gasteiger partial charge in [0.15, 0.2) is 0 Å². The topological polar surface area (TPSA) is 9.23 Å². The average molecular weight is 893 g/mol. The predicted molar refractivity (Wildman–Crippen MR) is 289 cm³/mol. The Hall–Kier alpha value is -4.46. The maximum absolute atomic E-state index is 5.67. The molecule has 1 nitrogen and oxygen atoms in total. The van der Waals surface area contributed by atoms with E-state index in [1.165, 1.54) is 161 Å². The molecule has 5 unspecified atom stereocenters. The van der Waals surface area contributed by atoms with Gasteiger partial charge in [0, 0.05) is 31.5 Å². The molecule has 0 bridgehead atoms. The van der Waals surface area contributed by atoms with E-state index in [-0.39, 0.29) is 11.3 Å². The van der Waals surface area contributed by atoms with Crippen LogP contribution in [0.4, 0.5) is 0 Å². The van der Waals surface area contributed by atoms with Gasteiger partial charge in [-0.1, -0.05) is 200 Å².